The summed E-state index contributed by atoms with van der Waals surface area (Å²) in [6, 6.07) is 15.7. The van der Waals surface area contributed by atoms with E-state index in [-0.39, 0.29) is 12.5 Å². The van der Waals surface area contributed by atoms with Crippen molar-refractivity contribution in [3.8, 4) is 17.0 Å². The van der Waals surface area contributed by atoms with E-state index in [4.69, 9.17) is 4.74 Å². The van der Waals surface area contributed by atoms with E-state index in [1.165, 1.54) is 5.56 Å². The molecule has 0 unspecified atom stereocenters. The molecule has 1 aliphatic heterocycles. The molecule has 1 fully saturated rings. The summed E-state index contributed by atoms with van der Waals surface area (Å²) in [7, 11) is 0. The summed E-state index contributed by atoms with van der Waals surface area (Å²) >= 11 is 0. The Bertz CT molecular complexity index is 954. The van der Waals surface area contributed by atoms with E-state index in [2.05, 4.69) is 39.1 Å². The molecule has 0 radical (unpaired) electrons. The first-order valence-corrected chi connectivity index (χ1v) is 9.66. The first-order chi connectivity index (χ1) is 14.2. The largest absolute Gasteiger partial charge is 0.482 e. The maximum absolute atomic E-state index is 12.4. The van der Waals surface area contributed by atoms with Crippen LogP contribution in [0.1, 0.15) is 5.56 Å². The normalized spacial score (nSPS) is 14.0. The second-order valence-electron chi connectivity index (χ2n) is 6.94. The van der Waals surface area contributed by atoms with Gasteiger partial charge in [0, 0.05) is 37.9 Å². The van der Waals surface area contributed by atoms with Crippen molar-refractivity contribution in [3.63, 3.8) is 0 Å². The number of benzene rings is 1. The fourth-order valence-electron chi connectivity index (χ4n) is 3.35. The van der Waals surface area contributed by atoms with E-state index < -0.39 is 0 Å². The van der Waals surface area contributed by atoms with Crippen LogP contribution in [-0.4, -0.2) is 58.8 Å². The average Bonchev–Trinajstić information content (AvgIpc) is 2.79. The second kappa shape index (κ2) is 8.68. The van der Waals surface area contributed by atoms with Crippen LogP contribution in [0.5, 0.6) is 5.75 Å². The lowest BCUT2D eigenvalue weighted by atomic mass is 10.1. The number of carbonyl (C=O) groups excluding carboxylic acids is 1. The third-order valence-electron chi connectivity index (χ3n) is 5.02. The molecule has 7 heteroatoms. The Hall–Kier alpha value is -3.48. The van der Waals surface area contributed by atoms with Crippen molar-refractivity contribution in [1.82, 2.24) is 20.1 Å². The lowest BCUT2D eigenvalue weighted by molar-refractivity contribution is -0.133. The van der Waals surface area contributed by atoms with Gasteiger partial charge in [0.2, 0.25) is 0 Å². The van der Waals surface area contributed by atoms with Crippen molar-refractivity contribution in [1.29, 1.82) is 0 Å². The number of nitrogens with zero attached hydrogens (tertiary/aromatic N) is 5. The number of anilines is 1. The Labute approximate surface area is 170 Å². The number of amides is 1. The molecule has 1 saturated heterocycles. The van der Waals surface area contributed by atoms with Gasteiger partial charge >= 0.3 is 0 Å². The van der Waals surface area contributed by atoms with E-state index in [1.54, 1.807) is 24.5 Å². The van der Waals surface area contributed by atoms with Gasteiger partial charge in [0.25, 0.3) is 5.91 Å². The number of carbonyl (C=O) groups is 1. The zero-order chi connectivity index (χ0) is 20.1. The Morgan fingerprint density at radius 2 is 1.83 bits per heavy atom. The van der Waals surface area contributed by atoms with Crippen LogP contribution in [0.3, 0.4) is 0 Å². The summed E-state index contributed by atoms with van der Waals surface area (Å²) in [5.41, 5.74) is 3.14. The van der Waals surface area contributed by atoms with E-state index in [0.717, 1.165) is 30.2 Å². The molecular formula is C22H23N5O2. The highest BCUT2D eigenvalue weighted by Crippen LogP contribution is 2.22. The third-order valence-corrected chi connectivity index (χ3v) is 5.02. The smallest absolute Gasteiger partial charge is 0.260 e. The second-order valence-corrected chi connectivity index (χ2v) is 6.94. The molecule has 1 aromatic carbocycles. The molecule has 148 valence electrons. The summed E-state index contributed by atoms with van der Waals surface area (Å²) in [4.78, 5) is 20.3. The van der Waals surface area contributed by atoms with Crippen molar-refractivity contribution in [2.24, 2.45) is 0 Å². The first-order valence-electron chi connectivity index (χ1n) is 9.66. The topological polar surface area (TPSA) is 71.5 Å². The third kappa shape index (κ3) is 4.51. The highest BCUT2D eigenvalue weighted by atomic mass is 16.5. The molecule has 29 heavy (non-hydrogen) atoms. The average molecular weight is 389 g/mol. The summed E-state index contributed by atoms with van der Waals surface area (Å²) in [5, 5.41) is 8.81. The number of piperazine rings is 1. The summed E-state index contributed by atoms with van der Waals surface area (Å²) < 4.78 is 5.51. The number of aromatic nitrogens is 3. The van der Waals surface area contributed by atoms with Crippen LogP contribution in [0.25, 0.3) is 11.3 Å². The van der Waals surface area contributed by atoms with Gasteiger partial charge in [-0.1, -0.05) is 24.3 Å². The van der Waals surface area contributed by atoms with Crippen LogP contribution in [0, 0.1) is 6.92 Å². The number of aryl methyl sites for hydroxylation is 1. The molecule has 0 spiro atoms. The van der Waals surface area contributed by atoms with Gasteiger partial charge in [0.05, 0.1) is 11.9 Å². The number of hydrogen-bond donors (Lipinski definition) is 0. The molecule has 7 nitrogen and oxygen atoms in total. The van der Waals surface area contributed by atoms with Crippen molar-refractivity contribution < 1.29 is 9.53 Å². The highest BCUT2D eigenvalue weighted by molar-refractivity contribution is 5.78. The van der Waals surface area contributed by atoms with Crippen molar-refractivity contribution in [3.05, 3.63) is 66.5 Å². The molecule has 0 atom stereocenters. The molecule has 0 N–H and O–H groups in total. The van der Waals surface area contributed by atoms with Crippen LogP contribution in [0.2, 0.25) is 0 Å². The Balaban J connectivity index is 1.31. The number of hydrogen-bond acceptors (Lipinski definition) is 6. The minimum Gasteiger partial charge on any atom is -0.482 e. The van der Waals surface area contributed by atoms with Gasteiger partial charge < -0.3 is 14.5 Å². The van der Waals surface area contributed by atoms with Crippen LogP contribution < -0.4 is 9.64 Å². The molecule has 2 aromatic heterocycles. The Morgan fingerprint density at radius 1 is 1.00 bits per heavy atom. The molecule has 1 amide bonds. The highest BCUT2D eigenvalue weighted by Gasteiger charge is 2.22. The first kappa shape index (κ1) is 18.9. The Kier molecular flexibility index (Phi) is 5.65. The molecular weight excluding hydrogens is 366 g/mol. The van der Waals surface area contributed by atoms with Crippen molar-refractivity contribution in [2.45, 2.75) is 6.92 Å². The fourth-order valence-corrected chi connectivity index (χ4v) is 3.35. The van der Waals surface area contributed by atoms with Crippen LogP contribution in [-0.2, 0) is 4.79 Å². The van der Waals surface area contributed by atoms with Crippen LogP contribution in [0.4, 0.5) is 5.82 Å². The predicted octanol–water partition coefficient (Wildman–Crippen LogP) is 2.57. The zero-order valence-corrected chi connectivity index (χ0v) is 16.4. The molecule has 3 heterocycles. The molecule has 0 aliphatic carbocycles. The van der Waals surface area contributed by atoms with Crippen LogP contribution >= 0.6 is 0 Å². The van der Waals surface area contributed by atoms with Gasteiger partial charge in [-0.05, 0) is 36.8 Å². The molecule has 0 bridgehead atoms. The van der Waals surface area contributed by atoms with Gasteiger partial charge in [0.1, 0.15) is 5.75 Å². The number of rotatable bonds is 5. The summed E-state index contributed by atoms with van der Waals surface area (Å²) in [6.45, 7) is 4.80. The molecule has 4 rings (SSSR count). The fraction of sp³-hybridized carbons (Fsp3) is 0.273. The van der Waals surface area contributed by atoms with Gasteiger partial charge in [-0.3, -0.25) is 9.78 Å². The van der Waals surface area contributed by atoms with Crippen molar-refractivity contribution >= 4 is 11.7 Å². The summed E-state index contributed by atoms with van der Waals surface area (Å²) in [5.74, 6) is 1.42. The monoisotopic (exact) mass is 389 g/mol. The quantitative estimate of drug-likeness (QED) is 0.668. The number of ether oxygens (including phenoxy) is 1. The van der Waals surface area contributed by atoms with E-state index >= 15 is 0 Å². The van der Waals surface area contributed by atoms with Gasteiger partial charge in [-0.25, -0.2) is 0 Å². The SMILES string of the molecule is Cc1ccccc1-c1ccc(N2CCN(C(=O)COc3cccnc3)CC2)nn1. The minimum absolute atomic E-state index is 0.0190. The standard InChI is InChI=1S/C22H23N5O2/c1-17-5-2-3-7-19(17)20-8-9-21(25-24-20)26-11-13-27(14-12-26)22(28)16-29-18-6-4-10-23-15-18/h2-10,15H,11-14,16H2,1H3. The zero-order valence-electron chi connectivity index (χ0n) is 16.4. The molecule has 1 aliphatic rings. The van der Waals surface area contributed by atoms with Gasteiger partial charge in [-0.2, -0.15) is 0 Å². The number of pyridine rings is 1. The lowest BCUT2D eigenvalue weighted by Gasteiger charge is -2.35. The van der Waals surface area contributed by atoms with Gasteiger partial charge in [-0.15, -0.1) is 10.2 Å². The minimum atomic E-state index is -0.0190. The predicted molar refractivity (Wildman–Crippen MR) is 111 cm³/mol. The molecule has 0 saturated carbocycles. The van der Waals surface area contributed by atoms with Crippen LogP contribution in [0.15, 0.2) is 60.9 Å². The van der Waals surface area contributed by atoms with Gasteiger partial charge in [0.15, 0.2) is 12.4 Å². The summed E-state index contributed by atoms with van der Waals surface area (Å²) in [6.07, 6.45) is 3.27. The lowest BCUT2D eigenvalue weighted by Crippen LogP contribution is -2.50. The maximum Gasteiger partial charge on any atom is 0.260 e. The van der Waals surface area contributed by atoms with E-state index in [1.807, 2.05) is 29.2 Å². The molecule has 3 aromatic rings. The van der Waals surface area contributed by atoms with Crippen molar-refractivity contribution in [2.75, 3.05) is 37.7 Å². The van der Waals surface area contributed by atoms with E-state index in [0.29, 0.717) is 18.8 Å². The maximum atomic E-state index is 12.4. The Morgan fingerprint density at radius 3 is 2.52 bits per heavy atom. The van der Waals surface area contributed by atoms with E-state index in [9.17, 15) is 4.79 Å².